The summed E-state index contributed by atoms with van der Waals surface area (Å²) in [5.74, 6) is -1.20. The molecule has 0 bridgehead atoms. The van der Waals surface area contributed by atoms with Crippen LogP contribution in [0.25, 0.3) is 0 Å². The summed E-state index contributed by atoms with van der Waals surface area (Å²) in [6.07, 6.45) is -3.54. The Bertz CT molecular complexity index is 749. The van der Waals surface area contributed by atoms with E-state index in [1.54, 1.807) is 6.07 Å². The molecular formula is C15H13F3N4O3. The lowest BCUT2D eigenvalue weighted by Crippen LogP contribution is -2.39. The van der Waals surface area contributed by atoms with Crippen LogP contribution in [-0.4, -0.2) is 35.5 Å². The number of nitro benzene ring substituents is 1. The van der Waals surface area contributed by atoms with Crippen LogP contribution >= 0.6 is 0 Å². The minimum Gasteiger partial charge on any atom is -0.351 e. The third-order valence-corrected chi connectivity index (χ3v) is 2.95. The number of alkyl halides is 3. The van der Waals surface area contributed by atoms with Crippen molar-refractivity contribution in [1.29, 1.82) is 5.26 Å². The average molecular weight is 354 g/mol. The maximum atomic E-state index is 12.6. The van der Waals surface area contributed by atoms with Gasteiger partial charge in [-0.2, -0.15) is 18.4 Å². The van der Waals surface area contributed by atoms with Crippen molar-refractivity contribution in [3.63, 3.8) is 0 Å². The maximum absolute atomic E-state index is 12.6. The number of nitriles is 1. The van der Waals surface area contributed by atoms with E-state index in [1.807, 2.05) is 0 Å². The minimum absolute atomic E-state index is 0.0233. The Morgan fingerprint density at radius 2 is 2.00 bits per heavy atom. The highest BCUT2D eigenvalue weighted by Crippen LogP contribution is 2.19. The highest BCUT2D eigenvalue weighted by atomic mass is 19.4. The number of allylic oxidation sites excluding steroid dienone is 2. The summed E-state index contributed by atoms with van der Waals surface area (Å²) >= 11 is 0. The average Bonchev–Trinajstić information content (AvgIpc) is 2.53. The molecule has 1 aromatic rings. The van der Waals surface area contributed by atoms with Crippen LogP contribution in [-0.2, 0) is 0 Å². The van der Waals surface area contributed by atoms with E-state index < -0.39 is 23.6 Å². The fourth-order valence-corrected chi connectivity index (χ4v) is 1.83. The summed E-state index contributed by atoms with van der Waals surface area (Å²) in [6, 6.07) is 6.10. The van der Waals surface area contributed by atoms with Crippen molar-refractivity contribution in [2.45, 2.75) is 6.18 Å². The standard InChI is InChI=1S/C15H13F3N4O3/c1-3-10(8-19)13(21(2)9-15(16,17)18)20-14(23)11-4-6-12(7-5-11)22(24)25/h3-7H,1,9H2,2H3,(H,20,23)/b13-10+. The van der Waals surface area contributed by atoms with Gasteiger partial charge in [0, 0.05) is 24.7 Å². The lowest BCUT2D eigenvalue weighted by atomic mass is 10.2. The van der Waals surface area contributed by atoms with E-state index in [1.165, 1.54) is 0 Å². The highest BCUT2D eigenvalue weighted by molar-refractivity contribution is 5.95. The second-order valence-electron chi connectivity index (χ2n) is 4.81. The van der Waals surface area contributed by atoms with Crippen LogP contribution in [0.1, 0.15) is 10.4 Å². The smallest absolute Gasteiger partial charge is 0.351 e. The van der Waals surface area contributed by atoms with Gasteiger partial charge in [-0.3, -0.25) is 14.9 Å². The van der Waals surface area contributed by atoms with Gasteiger partial charge >= 0.3 is 6.18 Å². The molecule has 0 atom stereocenters. The molecule has 1 amide bonds. The Kier molecular flexibility index (Phi) is 6.27. The monoisotopic (exact) mass is 354 g/mol. The fraction of sp³-hybridized carbons (Fsp3) is 0.200. The SMILES string of the molecule is C=C/C(C#N)=C(/NC(=O)c1ccc([N+](=O)[O-])cc1)N(C)CC(F)(F)F. The van der Waals surface area contributed by atoms with Crippen molar-refractivity contribution in [2.75, 3.05) is 13.6 Å². The predicted molar refractivity (Wildman–Crippen MR) is 82.1 cm³/mol. The molecule has 0 aliphatic rings. The van der Waals surface area contributed by atoms with Gasteiger partial charge in [0.05, 0.1) is 10.5 Å². The number of nitrogens with one attached hydrogen (secondary N) is 1. The number of rotatable bonds is 6. The zero-order valence-corrected chi connectivity index (χ0v) is 13.0. The van der Waals surface area contributed by atoms with E-state index in [2.05, 4.69) is 11.9 Å². The summed E-state index contributed by atoms with van der Waals surface area (Å²) in [5, 5.41) is 21.8. The van der Waals surface area contributed by atoms with Crippen LogP contribution in [0, 0.1) is 21.4 Å². The molecule has 0 heterocycles. The molecule has 0 saturated heterocycles. The van der Waals surface area contributed by atoms with E-state index in [4.69, 9.17) is 5.26 Å². The molecule has 1 N–H and O–H groups in total. The van der Waals surface area contributed by atoms with Crippen LogP contribution in [0.5, 0.6) is 0 Å². The second-order valence-corrected chi connectivity index (χ2v) is 4.81. The van der Waals surface area contributed by atoms with Crippen molar-refractivity contribution in [3.05, 3.63) is 64.0 Å². The lowest BCUT2D eigenvalue weighted by molar-refractivity contribution is -0.384. The molecule has 0 aromatic heterocycles. The van der Waals surface area contributed by atoms with E-state index in [0.29, 0.717) is 4.90 Å². The molecule has 0 radical (unpaired) electrons. The first-order chi connectivity index (χ1) is 11.6. The Balaban J connectivity index is 3.11. The third kappa shape index (κ3) is 5.65. The van der Waals surface area contributed by atoms with E-state index in [0.717, 1.165) is 37.4 Å². The van der Waals surface area contributed by atoms with Gasteiger partial charge in [-0.1, -0.05) is 6.58 Å². The molecule has 7 nitrogen and oxygen atoms in total. The number of amides is 1. The first kappa shape index (κ1) is 19.7. The van der Waals surface area contributed by atoms with E-state index >= 15 is 0 Å². The fourth-order valence-electron chi connectivity index (χ4n) is 1.83. The van der Waals surface area contributed by atoms with Crippen molar-refractivity contribution in [1.82, 2.24) is 10.2 Å². The summed E-state index contributed by atoms with van der Waals surface area (Å²) in [7, 11) is 1.06. The van der Waals surface area contributed by atoms with Crippen molar-refractivity contribution in [3.8, 4) is 6.07 Å². The number of carbonyl (C=O) groups excluding carboxylic acids is 1. The number of nitro groups is 1. The summed E-state index contributed by atoms with van der Waals surface area (Å²) in [6.45, 7) is 1.93. The quantitative estimate of drug-likeness (QED) is 0.366. The first-order valence-corrected chi connectivity index (χ1v) is 6.69. The zero-order chi connectivity index (χ0) is 19.2. The Labute approximate surface area is 140 Å². The van der Waals surface area contributed by atoms with Gasteiger partial charge in [0.1, 0.15) is 18.4 Å². The predicted octanol–water partition coefficient (Wildman–Crippen LogP) is 2.74. The molecule has 1 rings (SSSR count). The largest absolute Gasteiger partial charge is 0.405 e. The van der Waals surface area contributed by atoms with Crippen molar-refractivity contribution in [2.24, 2.45) is 0 Å². The number of non-ortho nitro benzene ring substituents is 1. The molecule has 132 valence electrons. The lowest BCUT2D eigenvalue weighted by Gasteiger charge is -2.25. The van der Waals surface area contributed by atoms with Gasteiger partial charge in [-0.15, -0.1) is 0 Å². The summed E-state index contributed by atoms with van der Waals surface area (Å²) < 4.78 is 37.7. The van der Waals surface area contributed by atoms with Crippen LogP contribution in [0.15, 0.2) is 48.3 Å². The zero-order valence-electron chi connectivity index (χ0n) is 13.0. The third-order valence-electron chi connectivity index (χ3n) is 2.95. The van der Waals surface area contributed by atoms with E-state index in [9.17, 15) is 28.1 Å². The molecule has 0 spiro atoms. The summed E-state index contributed by atoms with van der Waals surface area (Å²) in [4.78, 5) is 22.8. The topological polar surface area (TPSA) is 99.3 Å². The normalized spacial score (nSPS) is 11.8. The van der Waals surface area contributed by atoms with Crippen LogP contribution in [0.4, 0.5) is 18.9 Å². The Morgan fingerprint density at radius 1 is 1.44 bits per heavy atom. The van der Waals surface area contributed by atoms with E-state index in [-0.39, 0.29) is 22.6 Å². The van der Waals surface area contributed by atoms with Crippen LogP contribution in [0.3, 0.4) is 0 Å². The van der Waals surface area contributed by atoms with Gasteiger partial charge in [-0.05, 0) is 18.2 Å². The molecule has 25 heavy (non-hydrogen) atoms. The van der Waals surface area contributed by atoms with Crippen molar-refractivity contribution >= 4 is 11.6 Å². The van der Waals surface area contributed by atoms with Crippen LogP contribution < -0.4 is 5.32 Å². The Morgan fingerprint density at radius 3 is 2.40 bits per heavy atom. The number of hydrogen-bond donors (Lipinski definition) is 1. The van der Waals surface area contributed by atoms with Gasteiger partial charge < -0.3 is 10.2 Å². The summed E-state index contributed by atoms with van der Waals surface area (Å²) in [5.41, 5.74) is -0.530. The second kappa shape index (κ2) is 7.96. The van der Waals surface area contributed by atoms with Gasteiger partial charge in [0.25, 0.3) is 11.6 Å². The molecule has 10 heteroatoms. The number of carbonyl (C=O) groups is 1. The molecule has 0 fully saturated rings. The van der Waals surface area contributed by atoms with Gasteiger partial charge in [-0.25, -0.2) is 0 Å². The van der Waals surface area contributed by atoms with Crippen molar-refractivity contribution < 1.29 is 22.9 Å². The number of halogens is 3. The van der Waals surface area contributed by atoms with Gasteiger partial charge in [0.2, 0.25) is 0 Å². The molecule has 0 aliphatic carbocycles. The molecule has 1 aromatic carbocycles. The Hall–Kier alpha value is -3.35. The molecular weight excluding hydrogens is 341 g/mol. The highest BCUT2D eigenvalue weighted by Gasteiger charge is 2.31. The number of benzene rings is 1. The minimum atomic E-state index is -4.56. The molecule has 0 unspecified atom stereocenters. The van der Waals surface area contributed by atoms with Gasteiger partial charge in [0.15, 0.2) is 0 Å². The molecule has 0 saturated carbocycles. The number of hydrogen-bond acceptors (Lipinski definition) is 5. The van der Waals surface area contributed by atoms with Crippen LogP contribution in [0.2, 0.25) is 0 Å². The molecule has 0 aliphatic heterocycles. The maximum Gasteiger partial charge on any atom is 0.405 e. The number of nitrogens with zero attached hydrogens (tertiary/aromatic N) is 3. The first-order valence-electron chi connectivity index (χ1n) is 6.69.